The lowest BCUT2D eigenvalue weighted by atomic mass is 10.0. The Morgan fingerprint density at radius 1 is 1.07 bits per heavy atom. The highest BCUT2D eigenvalue weighted by Gasteiger charge is 2.41. The molecule has 0 aromatic heterocycles. The molecule has 3 rings (SSSR count). The highest BCUT2D eigenvalue weighted by atomic mass is 19.1. The molecule has 150 valence electrons. The Kier molecular flexibility index (Phi) is 5.74. The van der Waals surface area contributed by atoms with E-state index < -0.39 is 17.6 Å². The predicted octanol–water partition coefficient (Wildman–Crippen LogP) is 1.99. The monoisotopic (exact) mass is 397 g/mol. The summed E-state index contributed by atoms with van der Waals surface area (Å²) in [4.78, 5) is 40.0. The van der Waals surface area contributed by atoms with Gasteiger partial charge in [-0.2, -0.15) is 0 Å². The number of benzene rings is 2. The van der Waals surface area contributed by atoms with Crippen LogP contribution in [0, 0.1) is 5.82 Å². The molecule has 29 heavy (non-hydrogen) atoms. The summed E-state index contributed by atoms with van der Waals surface area (Å²) < 4.78 is 13.3. The molecule has 0 spiro atoms. The van der Waals surface area contributed by atoms with Gasteiger partial charge in [-0.15, -0.1) is 0 Å². The van der Waals surface area contributed by atoms with Gasteiger partial charge >= 0.3 is 0 Å². The van der Waals surface area contributed by atoms with E-state index in [1.807, 2.05) is 0 Å². The maximum absolute atomic E-state index is 13.3. The van der Waals surface area contributed by atoms with E-state index in [9.17, 15) is 23.9 Å². The fraction of sp³-hybridized carbons (Fsp3) is 0.190. The fourth-order valence-electron chi connectivity index (χ4n) is 3.14. The molecule has 2 aromatic carbocycles. The maximum Gasteiger partial charge on any atom is 0.282 e. The van der Waals surface area contributed by atoms with Crippen LogP contribution in [0.1, 0.15) is 12.5 Å². The van der Waals surface area contributed by atoms with Crippen LogP contribution in [0.15, 0.2) is 54.2 Å². The number of aliphatic hydroxyl groups is 1. The molecule has 2 aromatic rings. The zero-order valence-electron chi connectivity index (χ0n) is 16.0. The van der Waals surface area contributed by atoms with Crippen LogP contribution in [-0.2, 0) is 14.4 Å². The Labute approximate surface area is 167 Å². The molecule has 0 fully saturated rings. The lowest BCUT2D eigenvalue weighted by molar-refractivity contribution is -0.120. The first kappa shape index (κ1) is 20.2. The molecule has 1 heterocycles. The van der Waals surface area contributed by atoms with Crippen LogP contribution in [0.2, 0.25) is 0 Å². The van der Waals surface area contributed by atoms with Crippen molar-refractivity contribution in [2.75, 3.05) is 30.4 Å². The van der Waals surface area contributed by atoms with E-state index in [1.165, 1.54) is 36.1 Å². The van der Waals surface area contributed by atoms with E-state index in [4.69, 9.17) is 0 Å². The maximum atomic E-state index is 13.3. The quantitative estimate of drug-likeness (QED) is 0.728. The summed E-state index contributed by atoms with van der Waals surface area (Å²) >= 11 is 0. The Balaban J connectivity index is 2.06. The van der Waals surface area contributed by atoms with Gasteiger partial charge in [-0.3, -0.25) is 14.4 Å². The van der Waals surface area contributed by atoms with Crippen LogP contribution in [0.25, 0.3) is 5.57 Å². The highest BCUT2D eigenvalue weighted by molar-refractivity contribution is 6.45. The van der Waals surface area contributed by atoms with Crippen LogP contribution in [0.5, 0.6) is 0 Å². The molecule has 0 unspecified atom stereocenters. The number of rotatable bonds is 6. The average Bonchev–Trinajstić information content (AvgIpc) is 2.93. The summed E-state index contributed by atoms with van der Waals surface area (Å²) in [6, 6.07) is 11.6. The molecule has 0 saturated heterocycles. The number of hydrogen-bond acceptors (Lipinski definition) is 5. The summed E-state index contributed by atoms with van der Waals surface area (Å²) in [5.41, 5.74) is 1.60. The lowest BCUT2D eigenvalue weighted by Gasteiger charge is -2.20. The van der Waals surface area contributed by atoms with Gasteiger partial charge in [-0.25, -0.2) is 9.29 Å². The summed E-state index contributed by atoms with van der Waals surface area (Å²) in [6.45, 7) is 1.34. The van der Waals surface area contributed by atoms with Gasteiger partial charge in [-0.05, 0) is 42.0 Å². The highest BCUT2D eigenvalue weighted by Crippen LogP contribution is 2.34. The minimum atomic E-state index is -0.557. The largest absolute Gasteiger partial charge is 0.395 e. The third-order valence-electron chi connectivity index (χ3n) is 4.46. The smallest absolute Gasteiger partial charge is 0.282 e. The second-order valence-corrected chi connectivity index (χ2v) is 6.55. The summed E-state index contributed by atoms with van der Waals surface area (Å²) in [6.07, 6.45) is 0. The first-order chi connectivity index (χ1) is 13.8. The molecule has 3 amide bonds. The number of anilines is 2. The fourth-order valence-corrected chi connectivity index (χ4v) is 3.14. The van der Waals surface area contributed by atoms with Crippen molar-refractivity contribution in [3.8, 4) is 0 Å². The zero-order valence-corrected chi connectivity index (χ0v) is 16.0. The van der Waals surface area contributed by atoms with Crippen LogP contribution >= 0.6 is 0 Å². The second kappa shape index (κ2) is 8.24. The van der Waals surface area contributed by atoms with E-state index in [1.54, 1.807) is 31.3 Å². The number of aliphatic hydroxyl groups excluding tert-OH is 1. The minimum Gasteiger partial charge on any atom is -0.395 e. The van der Waals surface area contributed by atoms with E-state index in [-0.39, 0.29) is 36.0 Å². The van der Waals surface area contributed by atoms with Gasteiger partial charge in [0.15, 0.2) is 0 Å². The minimum absolute atomic E-state index is 0.139. The molecule has 0 aliphatic carbocycles. The molecular formula is C21H20FN3O4. The molecule has 2 N–H and O–H groups in total. The van der Waals surface area contributed by atoms with Crippen LogP contribution in [0.3, 0.4) is 0 Å². The zero-order chi connectivity index (χ0) is 21.1. The van der Waals surface area contributed by atoms with Crippen molar-refractivity contribution in [1.82, 2.24) is 4.90 Å². The van der Waals surface area contributed by atoms with Crippen molar-refractivity contribution in [3.63, 3.8) is 0 Å². The number of imide groups is 1. The molecule has 0 bridgehead atoms. The van der Waals surface area contributed by atoms with E-state index >= 15 is 0 Å². The van der Waals surface area contributed by atoms with E-state index in [0.29, 0.717) is 11.3 Å². The van der Waals surface area contributed by atoms with Gasteiger partial charge in [0.05, 0.1) is 17.9 Å². The number of amides is 3. The molecule has 8 heteroatoms. The van der Waals surface area contributed by atoms with Gasteiger partial charge in [0.25, 0.3) is 11.8 Å². The van der Waals surface area contributed by atoms with Crippen LogP contribution in [-0.4, -0.2) is 47.9 Å². The van der Waals surface area contributed by atoms with Crippen LogP contribution in [0.4, 0.5) is 15.8 Å². The number of nitrogens with zero attached hydrogens (tertiary/aromatic N) is 2. The Hall–Kier alpha value is -3.52. The normalized spacial score (nSPS) is 13.9. The number of halogens is 1. The predicted molar refractivity (Wildman–Crippen MR) is 106 cm³/mol. The SMILES string of the molecule is CC(=O)Nc1ccc(C2=C(N(C)CCO)C(=O)N(c3ccc(F)cc3)C2=O)cc1. The van der Waals surface area contributed by atoms with Gasteiger partial charge in [0.1, 0.15) is 11.5 Å². The van der Waals surface area contributed by atoms with Gasteiger partial charge < -0.3 is 15.3 Å². The molecule has 0 saturated carbocycles. The van der Waals surface area contributed by atoms with Gasteiger partial charge in [0.2, 0.25) is 5.91 Å². The topological polar surface area (TPSA) is 90.0 Å². The van der Waals surface area contributed by atoms with Gasteiger partial charge in [-0.1, -0.05) is 12.1 Å². The molecular weight excluding hydrogens is 377 g/mol. The molecule has 1 aliphatic heterocycles. The molecule has 0 atom stereocenters. The first-order valence-electron chi connectivity index (χ1n) is 8.92. The standard InChI is InChI=1S/C21H20FN3O4/c1-13(27)23-16-7-3-14(4-8-16)18-19(24(2)11-12-26)21(29)25(20(18)28)17-9-5-15(22)6-10-17/h3-10,26H,11-12H2,1-2H3,(H,23,27). The third-order valence-corrected chi connectivity index (χ3v) is 4.46. The molecule has 1 aliphatic rings. The third kappa shape index (κ3) is 4.02. The van der Waals surface area contributed by atoms with E-state index in [0.717, 1.165) is 4.90 Å². The summed E-state index contributed by atoms with van der Waals surface area (Å²) in [5, 5.41) is 11.9. The van der Waals surface area contributed by atoms with Crippen molar-refractivity contribution in [2.24, 2.45) is 0 Å². The van der Waals surface area contributed by atoms with Gasteiger partial charge in [0, 0.05) is 26.2 Å². The summed E-state index contributed by atoms with van der Waals surface area (Å²) in [5.74, 6) is -1.81. The van der Waals surface area contributed by atoms with Crippen LogP contribution < -0.4 is 10.2 Å². The number of nitrogens with one attached hydrogen (secondary N) is 1. The number of carbonyl (C=O) groups excluding carboxylic acids is 3. The van der Waals surface area contributed by atoms with E-state index in [2.05, 4.69) is 5.32 Å². The van der Waals surface area contributed by atoms with Crippen molar-refractivity contribution in [3.05, 3.63) is 65.6 Å². The lowest BCUT2D eigenvalue weighted by Crippen LogP contribution is -2.34. The Morgan fingerprint density at radius 3 is 2.24 bits per heavy atom. The average molecular weight is 397 g/mol. The Bertz CT molecular complexity index is 984. The van der Waals surface area contributed by atoms with Crippen molar-refractivity contribution in [1.29, 1.82) is 0 Å². The van der Waals surface area contributed by atoms with Crippen molar-refractivity contribution in [2.45, 2.75) is 6.92 Å². The van der Waals surface area contributed by atoms with Crippen molar-refractivity contribution < 1.29 is 23.9 Å². The number of carbonyl (C=O) groups is 3. The number of hydrogen-bond donors (Lipinski definition) is 2. The summed E-state index contributed by atoms with van der Waals surface area (Å²) in [7, 11) is 1.61. The number of likely N-dealkylation sites (N-methyl/N-ethyl adjacent to an activating group) is 1. The van der Waals surface area contributed by atoms with Crippen molar-refractivity contribution >= 4 is 34.7 Å². The molecule has 0 radical (unpaired) electrons. The second-order valence-electron chi connectivity index (χ2n) is 6.55. The molecule has 7 nitrogen and oxygen atoms in total. The first-order valence-corrected chi connectivity index (χ1v) is 8.92. The Morgan fingerprint density at radius 2 is 1.69 bits per heavy atom.